The zero-order valence-corrected chi connectivity index (χ0v) is 8.00. The molecule has 0 atom stereocenters. The van der Waals surface area contributed by atoms with Crippen molar-refractivity contribution < 1.29 is 9.53 Å². The zero-order chi connectivity index (χ0) is 10.1. The minimum atomic E-state index is -0.337. The Labute approximate surface area is 80.9 Å². The summed E-state index contributed by atoms with van der Waals surface area (Å²) in [6.07, 6.45) is 1.59. The average molecular weight is 190 g/mol. The Balaban J connectivity index is 2.70. The Morgan fingerprint density at radius 1 is 1.57 bits per heavy atom. The number of aromatic amines is 1. The van der Waals surface area contributed by atoms with E-state index in [0.717, 1.165) is 11.1 Å². The highest BCUT2D eigenvalue weighted by molar-refractivity contribution is 6.02. The Bertz CT molecular complexity index is 488. The molecule has 0 amide bonds. The van der Waals surface area contributed by atoms with Crippen LogP contribution in [-0.4, -0.2) is 23.0 Å². The van der Waals surface area contributed by atoms with Crippen LogP contribution in [0.3, 0.4) is 0 Å². The van der Waals surface area contributed by atoms with Gasteiger partial charge in [-0.05, 0) is 19.1 Å². The highest BCUT2D eigenvalue weighted by Crippen LogP contribution is 2.17. The molecule has 0 bridgehead atoms. The molecular weight excluding hydrogens is 180 g/mol. The van der Waals surface area contributed by atoms with Crippen LogP contribution in [0.4, 0.5) is 0 Å². The summed E-state index contributed by atoms with van der Waals surface area (Å²) in [6.45, 7) is 1.92. The molecule has 0 aliphatic carbocycles. The first kappa shape index (κ1) is 8.74. The molecule has 0 aromatic carbocycles. The first-order chi connectivity index (χ1) is 6.72. The van der Waals surface area contributed by atoms with E-state index in [0.29, 0.717) is 11.2 Å². The number of carbonyl (C=O) groups excluding carboxylic acids is 1. The molecule has 0 aliphatic heterocycles. The van der Waals surface area contributed by atoms with Crippen molar-refractivity contribution in [3.8, 4) is 0 Å². The fourth-order valence-corrected chi connectivity index (χ4v) is 1.45. The number of H-pyrrole nitrogens is 1. The summed E-state index contributed by atoms with van der Waals surface area (Å²) in [4.78, 5) is 18.5. The molecule has 0 radical (unpaired) electrons. The summed E-state index contributed by atoms with van der Waals surface area (Å²) < 4.78 is 4.67. The van der Waals surface area contributed by atoms with E-state index in [1.165, 1.54) is 7.11 Å². The number of aryl methyl sites for hydroxylation is 1. The van der Waals surface area contributed by atoms with Gasteiger partial charge in [0.2, 0.25) is 0 Å². The Kier molecular flexibility index (Phi) is 1.96. The zero-order valence-electron chi connectivity index (χ0n) is 8.00. The monoisotopic (exact) mass is 190 g/mol. The molecule has 0 saturated heterocycles. The Morgan fingerprint density at radius 2 is 2.36 bits per heavy atom. The second-order valence-electron chi connectivity index (χ2n) is 3.06. The number of nitrogens with zero attached hydrogens (tertiary/aromatic N) is 1. The minimum Gasteiger partial charge on any atom is -0.465 e. The summed E-state index contributed by atoms with van der Waals surface area (Å²) >= 11 is 0. The predicted octanol–water partition coefficient (Wildman–Crippen LogP) is 1.66. The summed E-state index contributed by atoms with van der Waals surface area (Å²) in [5.74, 6) is -0.337. The van der Waals surface area contributed by atoms with Crippen LogP contribution in [0.25, 0.3) is 11.0 Å². The van der Waals surface area contributed by atoms with Crippen molar-refractivity contribution in [3.63, 3.8) is 0 Å². The van der Waals surface area contributed by atoms with Crippen LogP contribution < -0.4 is 0 Å². The van der Waals surface area contributed by atoms with E-state index in [1.54, 1.807) is 12.3 Å². The molecule has 2 heterocycles. The van der Waals surface area contributed by atoms with Crippen LogP contribution in [0.2, 0.25) is 0 Å². The van der Waals surface area contributed by atoms with Crippen LogP contribution in [-0.2, 0) is 4.74 Å². The van der Waals surface area contributed by atoms with Crippen LogP contribution >= 0.6 is 0 Å². The van der Waals surface area contributed by atoms with Crippen molar-refractivity contribution in [3.05, 3.63) is 29.6 Å². The molecule has 0 spiro atoms. The molecule has 4 heteroatoms. The number of hydrogen-bond acceptors (Lipinski definition) is 3. The van der Waals surface area contributed by atoms with E-state index in [4.69, 9.17) is 0 Å². The lowest BCUT2D eigenvalue weighted by atomic mass is 10.2. The smallest absolute Gasteiger partial charge is 0.338 e. The number of fused-ring (bicyclic) bond motifs is 1. The lowest BCUT2D eigenvalue weighted by molar-refractivity contribution is 0.0603. The van der Waals surface area contributed by atoms with Crippen LogP contribution in [0, 0.1) is 6.92 Å². The van der Waals surface area contributed by atoms with Gasteiger partial charge in [-0.1, -0.05) is 0 Å². The third-order valence-electron chi connectivity index (χ3n) is 2.07. The number of ether oxygens (including phenoxy) is 1. The number of methoxy groups -OCH3 is 1. The molecule has 2 aromatic rings. The van der Waals surface area contributed by atoms with E-state index >= 15 is 0 Å². The van der Waals surface area contributed by atoms with Crippen molar-refractivity contribution in [1.29, 1.82) is 0 Å². The fraction of sp³-hybridized carbons (Fsp3) is 0.200. The number of hydrogen-bond donors (Lipinski definition) is 1. The topological polar surface area (TPSA) is 55.0 Å². The van der Waals surface area contributed by atoms with Gasteiger partial charge >= 0.3 is 5.97 Å². The standard InChI is InChI=1S/C10H10N2O2/c1-6-5-8-7(10(13)14-2)3-4-11-9(8)12-6/h3-5H,1-2H3,(H,11,12). The molecule has 14 heavy (non-hydrogen) atoms. The van der Waals surface area contributed by atoms with Gasteiger partial charge in [0.1, 0.15) is 5.65 Å². The van der Waals surface area contributed by atoms with E-state index in [1.807, 2.05) is 13.0 Å². The molecule has 0 saturated carbocycles. The molecule has 0 aliphatic rings. The van der Waals surface area contributed by atoms with Gasteiger partial charge < -0.3 is 9.72 Å². The third kappa shape index (κ3) is 1.25. The van der Waals surface area contributed by atoms with Crippen molar-refractivity contribution in [2.75, 3.05) is 7.11 Å². The molecule has 4 nitrogen and oxygen atoms in total. The van der Waals surface area contributed by atoms with Crippen LogP contribution in [0.1, 0.15) is 16.1 Å². The fourth-order valence-electron chi connectivity index (χ4n) is 1.45. The Hall–Kier alpha value is -1.84. The largest absolute Gasteiger partial charge is 0.465 e. The van der Waals surface area contributed by atoms with E-state index in [2.05, 4.69) is 14.7 Å². The predicted molar refractivity (Wildman–Crippen MR) is 52.2 cm³/mol. The van der Waals surface area contributed by atoms with Crippen molar-refractivity contribution in [1.82, 2.24) is 9.97 Å². The number of carbonyl (C=O) groups is 1. The third-order valence-corrected chi connectivity index (χ3v) is 2.07. The van der Waals surface area contributed by atoms with E-state index < -0.39 is 0 Å². The van der Waals surface area contributed by atoms with Gasteiger partial charge in [-0.25, -0.2) is 9.78 Å². The number of esters is 1. The van der Waals surface area contributed by atoms with Gasteiger partial charge in [0.15, 0.2) is 0 Å². The maximum Gasteiger partial charge on any atom is 0.338 e. The first-order valence-electron chi connectivity index (χ1n) is 4.25. The molecule has 72 valence electrons. The quantitative estimate of drug-likeness (QED) is 0.696. The number of aromatic nitrogens is 2. The number of rotatable bonds is 1. The van der Waals surface area contributed by atoms with E-state index in [9.17, 15) is 4.79 Å². The van der Waals surface area contributed by atoms with Gasteiger partial charge in [0, 0.05) is 17.3 Å². The van der Waals surface area contributed by atoms with Crippen LogP contribution in [0.15, 0.2) is 18.3 Å². The Morgan fingerprint density at radius 3 is 3.07 bits per heavy atom. The summed E-state index contributed by atoms with van der Waals surface area (Å²) in [5.41, 5.74) is 2.23. The summed E-state index contributed by atoms with van der Waals surface area (Å²) in [5, 5.41) is 0.803. The minimum absolute atomic E-state index is 0.337. The lowest BCUT2D eigenvalue weighted by Gasteiger charge is -1.99. The normalized spacial score (nSPS) is 10.4. The maximum atomic E-state index is 11.4. The average Bonchev–Trinajstić information content (AvgIpc) is 2.56. The van der Waals surface area contributed by atoms with Crippen molar-refractivity contribution >= 4 is 17.0 Å². The van der Waals surface area contributed by atoms with Gasteiger partial charge in [-0.15, -0.1) is 0 Å². The number of pyridine rings is 1. The second-order valence-corrected chi connectivity index (χ2v) is 3.06. The lowest BCUT2D eigenvalue weighted by Crippen LogP contribution is -2.01. The highest BCUT2D eigenvalue weighted by atomic mass is 16.5. The van der Waals surface area contributed by atoms with Crippen molar-refractivity contribution in [2.45, 2.75) is 6.92 Å². The van der Waals surface area contributed by atoms with Gasteiger partial charge in [0.25, 0.3) is 0 Å². The second kappa shape index (κ2) is 3.14. The van der Waals surface area contributed by atoms with Crippen molar-refractivity contribution in [2.24, 2.45) is 0 Å². The van der Waals surface area contributed by atoms with Gasteiger partial charge in [-0.3, -0.25) is 0 Å². The summed E-state index contributed by atoms with van der Waals surface area (Å²) in [7, 11) is 1.37. The van der Waals surface area contributed by atoms with Gasteiger partial charge in [0.05, 0.1) is 12.7 Å². The summed E-state index contributed by atoms with van der Waals surface area (Å²) in [6, 6.07) is 3.54. The van der Waals surface area contributed by atoms with Crippen LogP contribution in [0.5, 0.6) is 0 Å². The van der Waals surface area contributed by atoms with E-state index in [-0.39, 0.29) is 5.97 Å². The molecular formula is C10H10N2O2. The maximum absolute atomic E-state index is 11.4. The molecule has 2 aromatic heterocycles. The molecule has 2 rings (SSSR count). The SMILES string of the molecule is COC(=O)c1ccnc2[nH]c(C)cc12. The molecule has 1 N–H and O–H groups in total. The molecule has 0 fully saturated rings. The highest BCUT2D eigenvalue weighted by Gasteiger charge is 2.11. The van der Waals surface area contributed by atoms with Gasteiger partial charge in [-0.2, -0.15) is 0 Å². The molecule has 0 unspecified atom stereocenters. The number of nitrogens with one attached hydrogen (secondary N) is 1. The first-order valence-corrected chi connectivity index (χ1v) is 4.25.